The highest BCUT2D eigenvalue weighted by atomic mass is 32.1. The van der Waals surface area contributed by atoms with E-state index < -0.39 is 0 Å². The van der Waals surface area contributed by atoms with Crippen LogP contribution in [0.4, 0.5) is 0 Å². The van der Waals surface area contributed by atoms with E-state index >= 15 is 0 Å². The molecule has 2 rings (SSSR count). The fraction of sp³-hybridized carbons (Fsp3) is 0.714. The molecule has 2 heterocycles. The van der Waals surface area contributed by atoms with Crippen molar-refractivity contribution in [2.24, 2.45) is 0 Å². The first-order chi connectivity index (χ1) is 9.38. The third kappa shape index (κ3) is 3.77. The summed E-state index contributed by atoms with van der Waals surface area (Å²) in [5, 5.41) is 9.11. The minimum atomic E-state index is -0.272. The average molecular weight is 297 g/mol. The molecule has 0 aromatic carbocycles. The van der Waals surface area contributed by atoms with Crippen molar-refractivity contribution in [3.05, 3.63) is 16.1 Å². The van der Waals surface area contributed by atoms with Crippen LogP contribution < -0.4 is 10.6 Å². The molecule has 2 atom stereocenters. The highest BCUT2D eigenvalue weighted by Gasteiger charge is 2.28. The molecule has 1 aliphatic heterocycles. The second-order valence-corrected chi connectivity index (χ2v) is 7.04. The predicted octanol–water partition coefficient (Wildman–Crippen LogP) is 1.43. The monoisotopic (exact) mass is 297 g/mol. The van der Waals surface area contributed by atoms with Crippen LogP contribution in [0, 0.1) is 0 Å². The van der Waals surface area contributed by atoms with E-state index in [1.165, 1.54) is 0 Å². The summed E-state index contributed by atoms with van der Waals surface area (Å²) < 4.78 is 5.48. The lowest BCUT2D eigenvalue weighted by molar-refractivity contribution is -0.129. The van der Waals surface area contributed by atoms with Gasteiger partial charge in [-0.15, -0.1) is 11.3 Å². The first-order valence-electron chi connectivity index (χ1n) is 6.95. The molecule has 1 aliphatic rings. The van der Waals surface area contributed by atoms with E-state index in [9.17, 15) is 4.79 Å². The Balaban J connectivity index is 1.88. The van der Waals surface area contributed by atoms with Crippen molar-refractivity contribution in [2.45, 2.75) is 51.8 Å². The third-order valence-corrected chi connectivity index (χ3v) is 4.18. The summed E-state index contributed by atoms with van der Waals surface area (Å²) in [4.78, 5) is 16.7. The van der Waals surface area contributed by atoms with Gasteiger partial charge in [-0.25, -0.2) is 4.98 Å². The second kappa shape index (κ2) is 6.20. The highest BCUT2D eigenvalue weighted by molar-refractivity contribution is 7.09. The summed E-state index contributed by atoms with van der Waals surface area (Å²) in [6.45, 7) is 10.2. The molecule has 2 N–H and O–H groups in total. The van der Waals surface area contributed by atoms with Gasteiger partial charge in [-0.2, -0.15) is 0 Å². The summed E-state index contributed by atoms with van der Waals surface area (Å²) in [5.41, 5.74) is 1.12. The Morgan fingerprint density at radius 1 is 1.60 bits per heavy atom. The van der Waals surface area contributed by atoms with E-state index in [1.54, 1.807) is 11.3 Å². The Bertz CT molecular complexity index is 467. The average Bonchev–Trinajstić information content (AvgIpc) is 2.85. The van der Waals surface area contributed by atoms with Gasteiger partial charge in [0.25, 0.3) is 0 Å². The first kappa shape index (κ1) is 15.4. The lowest BCUT2D eigenvalue weighted by atomic mass is 9.93. The van der Waals surface area contributed by atoms with Gasteiger partial charge < -0.3 is 15.4 Å². The summed E-state index contributed by atoms with van der Waals surface area (Å²) in [5.74, 6) is -0.0234. The third-order valence-electron chi connectivity index (χ3n) is 3.33. The van der Waals surface area contributed by atoms with Crippen molar-refractivity contribution in [2.75, 3.05) is 13.2 Å². The van der Waals surface area contributed by atoms with Crippen LogP contribution in [-0.2, 0) is 21.5 Å². The summed E-state index contributed by atoms with van der Waals surface area (Å²) in [6.07, 6.45) is -0.0924. The molecular formula is C14H23N3O2S. The van der Waals surface area contributed by atoms with E-state index in [2.05, 4.69) is 41.8 Å². The van der Waals surface area contributed by atoms with E-state index in [-0.39, 0.29) is 23.5 Å². The molecule has 5 nitrogen and oxygen atoms in total. The fourth-order valence-corrected chi connectivity index (χ4v) is 3.00. The van der Waals surface area contributed by atoms with Crippen molar-refractivity contribution in [3.8, 4) is 0 Å². The number of nitrogens with zero attached hydrogens (tertiary/aromatic N) is 1. The van der Waals surface area contributed by atoms with Crippen molar-refractivity contribution in [3.63, 3.8) is 0 Å². The summed E-state index contributed by atoms with van der Waals surface area (Å²) in [7, 11) is 0. The van der Waals surface area contributed by atoms with Gasteiger partial charge >= 0.3 is 0 Å². The number of rotatable bonds is 3. The van der Waals surface area contributed by atoms with Crippen LogP contribution in [0.5, 0.6) is 0 Å². The molecule has 1 amide bonds. The molecule has 1 aromatic rings. The van der Waals surface area contributed by atoms with Crippen LogP contribution in [-0.4, -0.2) is 36.2 Å². The normalized spacial score (nSPS) is 23.6. The molecule has 20 heavy (non-hydrogen) atoms. The molecule has 1 aromatic heterocycles. The van der Waals surface area contributed by atoms with Crippen molar-refractivity contribution < 1.29 is 9.53 Å². The standard InChI is InChI=1S/C14H23N3O2S/c1-9-12(15-5-6-19-9)13(18)16-7-11-17-10(8-20-11)14(2,3)4/h8-9,12,15H,5-7H2,1-4H3,(H,16,18)/t9-,12+/m1/s1. The smallest absolute Gasteiger partial charge is 0.240 e. The van der Waals surface area contributed by atoms with Gasteiger partial charge in [0.1, 0.15) is 11.0 Å². The molecule has 1 fully saturated rings. The van der Waals surface area contributed by atoms with E-state index in [4.69, 9.17) is 4.74 Å². The number of thiazole rings is 1. The second-order valence-electron chi connectivity index (χ2n) is 6.10. The van der Waals surface area contributed by atoms with Crippen molar-refractivity contribution in [1.29, 1.82) is 0 Å². The lowest BCUT2D eigenvalue weighted by Gasteiger charge is -2.29. The maximum Gasteiger partial charge on any atom is 0.240 e. The van der Waals surface area contributed by atoms with Crippen LogP contribution in [0.1, 0.15) is 38.4 Å². The van der Waals surface area contributed by atoms with Crippen LogP contribution >= 0.6 is 11.3 Å². The Hall–Kier alpha value is -0.980. The highest BCUT2D eigenvalue weighted by Crippen LogP contribution is 2.23. The number of amides is 1. The number of nitrogens with one attached hydrogen (secondary N) is 2. The fourth-order valence-electron chi connectivity index (χ4n) is 2.04. The molecular weight excluding hydrogens is 274 g/mol. The van der Waals surface area contributed by atoms with E-state index in [1.807, 2.05) is 6.92 Å². The van der Waals surface area contributed by atoms with Gasteiger partial charge in [0.05, 0.1) is 24.9 Å². The zero-order valence-corrected chi connectivity index (χ0v) is 13.3. The Morgan fingerprint density at radius 3 is 2.95 bits per heavy atom. The van der Waals surface area contributed by atoms with Crippen molar-refractivity contribution in [1.82, 2.24) is 15.6 Å². The Labute approximate surface area is 124 Å². The molecule has 112 valence electrons. The van der Waals surface area contributed by atoms with Gasteiger partial charge in [0.15, 0.2) is 0 Å². The number of carbonyl (C=O) groups is 1. The summed E-state index contributed by atoms with van der Waals surface area (Å²) >= 11 is 1.59. The van der Waals surface area contributed by atoms with Crippen LogP contribution in [0.2, 0.25) is 0 Å². The molecule has 6 heteroatoms. The molecule has 0 unspecified atom stereocenters. The number of hydrogen-bond donors (Lipinski definition) is 2. The minimum absolute atomic E-state index is 0.0234. The molecule has 0 saturated carbocycles. The number of ether oxygens (including phenoxy) is 1. The van der Waals surface area contributed by atoms with Gasteiger partial charge in [-0.3, -0.25) is 4.79 Å². The maximum absolute atomic E-state index is 12.1. The molecule has 0 radical (unpaired) electrons. The molecule has 1 saturated heterocycles. The topological polar surface area (TPSA) is 63.2 Å². The number of carbonyl (C=O) groups excluding carboxylic acids is 1. The largest absolute Gasteiger partial charge is 0.375 e. The molecule has 0 spiro atoms. The van der Waals surface area contributed by atoms with Crippen molar-refractivity contribution >= 4 is 17.2 Å². The Morgan fingerprint density at radius 2 is 2.35 bits per heavy atom. The van der Waals surface area contributed by atoms with Gasteiger partial charge in [0, 0.05) is 17.3 Å². The number of aromatic nitrogens is 1. The minimum Gasteiger partial charge on any atom is -0.375 e. The molecule has 0 aliphatic carbocycles. The maximum atomic E-state index is 12.1. The van der Waals surface area contributed by atoms with Gasteiger partial charge in [0.2, 0.25) is 5.91 Å². The summed E-state index contributed by atoms with van der Waals surface area (Å²) in [6, 6.07) is -0.272. The van der Waals surface area contributed by atoms with E-state index in [0.717, 1.165) is 10.7 Å². The first-order valence-corrected chi connectivity index (χ1v) is 7.83. The zero-order valence-electron chi connectivity index (χ0n) is 12.5. The van der Waals surface area contributed by atoms with Crippen LogP contribution in [0.25, 0.3) is 0 Å². The Kier molecular flexibility index (Phi) is 4.78. The lowest BCUT2D eigenvalue weighted by Crippen LogP contribution is -2.55. The van der Waals surface area contributed by atoms with Crippen LogP contribution in [0.15, 0.2) is 5.38 Å². The zero-order chi connectivity index (χ0) is 14.8. The van der Waals surface area contributed by atoms with Gasteiger partial charge in [-0.05, 0) is 6.92 Å². The van der Waals surface area contributed by atoms with Gasteiger partial charge in [-0.1, -0.05) is 20.8 Å². The predicted molar refractivity (Wildman–Crippen MR) is 79.9 cm³/mol. The quantitative estimate of drug-likeness (QED) is 0.886. The van der Waals surface area contributed by atoms with E-state index in [0.29, 0.717) is 19.7 Å². The number of morpholine rings is 1. The number of hydrogen-bond acceptors (Lipinski definition) is 5. The van der Waals surface area contributed by atoms with Crippen LogP contribution in [0.3, 0.4) is 0 Å². The molecule has 0 bridgehead atoms. The SMILES string of the molecule is C[C@H]1OCCN[C@@H]1C(=O)NCc1nc(C(C)(C)C)cs1.